The third kappa shape index (κ3) is 4.00. The average Bonchev–Trinajstić information content (AvgIpc) is 2.75. The first-order valence-electron chi connectivity index (χ1n) is 10.6. The van der Waals surface area contributed by atoms with Gasteiger partial charge in [0.25, 0.3) is 11.8 Å². The van der Waals surface area contributed by atoms with Crippen LogP contribution in [0.1, 0.15) is 62.8 Å². The van der Waals surface area contributed by atoms with Gasteiger partial charge in [-0.15, -0.1) is 0 Å². The number of halogens is 2. The van der Waals surface area contributed by atoms with Crippen LogP contribution in [-0.2, 0) is 11.2 Å². The number of aliphatic hydroxyl groups is 1. The molecular formula is C23H24ClFN4O3. The summed E-state index contributed by atoms with van der Waals surface area (Å²) in [5.41, 5.74) is 4.77. The number of carbonyl (C=O) groups is 1. The second-order valence-corrected chi connectivity index (χ2v) is 8.27. The van der Waals surface area contributed by atoms with Gasteiger partial charge in [-0.3, -0.25) is 4.79 Å². The number of nitrogens with one attached hydrogen (secondary N) is 1. The third-order valence-corrected chi connectivity index (χ3v) is 6.05. The largest absolute Gasteiger partial charge is 0.417 e. The number of nitrogens with zero attached hydrogens (tertiary/aromatic N) is 3. The van der Waals surface area contributed by atoms with E-state index in [-0.39, 0.29) is 28.5 Å². The van der Waals surface area contributed by atoms with Gasteiger partial charge in [-0.1, -0.05) is 12.5 Å². The summed E-state index contributed by atoms with van der Waals surface area (Å²) in [5.74, 6) is -1.07. The van der Waals surface area contributed by atoms with Crippen LogP contribution >= 0.6 is 11.6 Å². The molecule has 2 N–H and O–H groups in total. The quantitative estimate of drug-likeness (QED) is 0.642. The highest BCUT2D eigenvalue weighted by Crippen LogP contribution is 2.42. The average molecular weight is 459 g/mol. The van der Waals surface area contributed by atoms with Crippen LogP contribution in [0.25, 0.3) is 5.57 Å². The number of aromatic nitrogens is 3. The molecule has 0 fully saturated rings. The van der Waals surface area contributed by atoms with E-state index >= 15 is 4.39 Å². The number of aliphatic hydroxyl groups excluding tert-OH is 1. The number of amides is 1. The molecule has 1 amide bonds. The molecule has 2 aromatic heterocycles. The van der Waals surface area contributed by atoms with Gasteiger partial charge in [0, 0.05) is 30.1 Å². The van der Waals surface area contributed by atoms with E-state index in [1.165, 1.54) is 13.1 Å². The van der Waals surface area contributed by atoms with Crippen molar-refractivity contribution in [2.45, 2.75) is 52.6 Å². The van der Waals surface area contributed by atoms with Gasteiger partial charge < -0.3 is 15.2 Å². The standard InChI is InChI=1S/C23H24ClFN4O3/c1-4-14-15(17-11(2)7-8-26-20(17)31)6-5-13-9-27-22(19(25)18(13)14)32-21-16(12(3)30)10-28-23(24)29-21/h9-10,12,30H,4-8H2,1-3H3,(H,26,31). The zero-order valence-corrected chi connectivity index (χ0v) is 18.9. The molecule has 4 rings (SSSR count). The Morgan fingerprint density at radius 1 is 1.25 bits per heavy atom. The molecule has 0 spiro atoms. The molecule has 9 heteroatoms. The lowest BCUT2D eigenvalue weighted by Gasteiger charge is -2.28. The molecular weight excluding hydrogens is 435 g/mol. The lowest BCUT2D eigenvalue weighted by Crippen LogP contribution is -2.32. The topological polar surface area (TPSA) is 97.2 Å². The van der Waals surface area contributed by atoms with Crippen LogP contribution in [0.5, 0.6) is 11.8 Å². The lowest BCUT2D eigenvalue weighted by atomic mass is 9.79. The van der Waals surface area contributed by atoms with Gasteiger partial charge in [-0.05, 0) is 67.8 Å². The number of allylic oxidation sites excluding steroid dienone is 1. The molecule has 2 aliphatic rings. The van der Waals surface area contributed by atoms with E-state index in [9.17, 15) is 9.90 Å². The third-order valence-electron chi connectivity index (χ3n) is 5.87. The van der Waals surface area contributed by atoms with Crippen molar-refractivity contribution in [3.8, 4) is 11.8 Å². The number of pyridine rings is 1. The van der Waals surface area contributed by atoms with Crippen molar-refractivity contribution >= 4 is 23.1 Å². The van der Waals surface area contributed by atoms with Gasteiger partial charge in [0.2, 0.25) is 11.2 Å². The second-order valence-electron chi connectivity index (χ2n) is 7.93. The Morgan fingerprint density at radius 3 is 2.72 bits per heavy atom. The summed E-state index contributed by atoms with van der Waals surface area (Å²) in [6.45, 7) is 6.03. The molecule has 1 atom stereocenters. The number of rotatable bonds is 5. The molecule has 1 aliphatic heterocycles. The van der Waals surface area contributed by atoms with Gasteiger partial charge in [0.15, 0.2) is 5.82 Å². The molecule has 168 valence electrons. The molecule has 2 aromatic rings. The minimum Gasteiger partial charge on any atom is -0.417 e. The SMILES string of the molecule is CCC1=C(C2=C(C)CCNC2=O)CCc2cnc(Oc3nc(Cl)ncc3C(C)O)c(F)c21. The zero-order chi connectivity index (χ0) is 23.0. The number of hydrogen-bond acceptors (Lipinski definition) is 6. The van der Waals surface area contributed by atoms with Gasteiger partial charge in [0.1, 0.15) is 0 Å². The Balaban J connectivity index is 1.83. The van der Waals surface area contributed by atoms with Crippen molar-refractivity contribution in [3.63, 3.8) is 0 Å². The summed E-state index contributed by atoms with van der Waals surface area (Å²) in [7, 11) is 0. The first kappa shape index (κ1) is 22.4. The van der Waals surface area contributed by atoms with Crippen LogP contribution in [0.2, 0.25) is 5.28 Å². The van der Waals surface area contributed by atoms with E-state index in [1.807, 2.05) is 13.8 Å². The van der Waals surface area contributed by atoms with Crippen molar-refractivity contribution in [1.29, 1.82) is 0 Å². The number of hydrogen-bond donors (Lipinski definition) is 2. The summed E-state index contributed by atoms with van der Waals surface area (Å²) in [5, 5.41) is 12.8. The van der Waals surface area contributed by atoms with Crippen molar-refractivity contribution in [3.05, 3.63) is 56.9 Å². The van der Waals surface area contributed by atoms with Crippen LogP contribution in [0.3, 0.4) is 0 Å². The van der Waals surface area contributed by atoms with Crippen molar-refractivity contribution < 1.29 is 19.0 Å². The van der Waals surface area contributed by atoms with Gasteiger partial charge in [0.05, 0.1) is 11.7 Å². The number of fused-ring (bicyclic) bond motifs is 1. The van der Waals surface area contributed by atoms with Crippen molar-refractivity contribution in [1.82, 2.24) is 20.3 Å². The summed E-state index contributed by atoms with van der Waals surface area (Å²) < 4.78 is 21.4. The fourth-order valence-electron chi connectivity index (χ4n) is 4.30. The van der Waals surface area contributed by atoms with E-state index in [1.54, 1.807) is 6.20 Å². The molecule has 0 bridgehead atoms. The highest BCUT2D eigenvalue weighted by Gasteiger charge is 2.30. The molecule has 1 unspecified atom stereocenters. The Bertz CT molecular complexity index is 1160. The van der Waals surface area contributed by atoms with Crippen LogP contribution in [0, 0.1) is 5.82 Å². The van der Waals surface area contributed by atoms with E-state index in [0.717, 1.165) is 28.7 Å². The summed E-state index contributed by atoms with van der Waals surface area (Å²) in [6.07, 6.45) is 4.51. The number of carbonyl (C=O) groups excluding carboxylic acids is 1. The van der Waals surface area contributed by atoms with E-state index in [0.29, 0.717) is 36.9 Å². The van der Waals surface area contributed by atoms with E-state index in [2.05, 4.69) is 20.3 Å². The Hall–Kier alpha value is -2.84. The van der Waals surface area contributed by atoms with Crippen LogP contribution in [0.4, 0.5) is 4.39 Å². The summed E-state index contributed by atoms with van der Waals surface area (Å²) in [6, 6.07) is 0. The number of aryl methyl sites for hydroxylation is 1. The number of ether oxygens (including phenoxy) is 1. The Labute approximate surface area is 190 Å². The minimum absolute atomic E-state index is 0.0605. The van der Waals surface area contributed by atoms with Crippen LogP contribution in [-0.4, -0.2) is 32.5 Å². The normalized spacial score (nSPS) is 17.2. The molecule has 0 saturated heterocycles. The van der Waals surface area contributed by atoms with Crippen LogP contribution in [0.15, 0.2) is 29.1 Å². The van der Waals surface area contributed by atoms with Crippen molar-refractivity contribution in [2.24, 2.45) is 0 Å². The second kappa shape index (κ2) is 8.96. The predicted molar refractivity (Wildman–Crippen MR) is 118 cm³/mol. The zero-order valence-electron chi connectivity index (χ0n) is 18.1. The van der Waals surface area contributed by atoms with Gasteiger partial charge in [-0.2, -0.15) is 4.98 Å². The van der Waals surface area contributed by atoms with E-state index < -0.39 is 11.9 Å². The smallest absolute Gasteiger partial charge is 0.258 e. The van der Waals surface area contributed by atoms with Gasteiger partial charge in [-0.25, -0.2) is 14.4 Å². The maximum Gasteiger partial charge on any atom is 0.258 e. The summed E-state index contributed by atoms with van der Waals surface area (Å²) in [4.78, 5) is 24.6. The first-order chi connectivity index (χ1) is 15.3. The molecule has 3 heterocycles. The molecule has 32 heavy (non-hydrogen) atoms. The predicted octanol–water partition coefficient (Wildman–Crippen LogP) is 4.46. The molecule has 0 saturated carbocycles. The maximum absolute atomic E-state index is 15.8. The van der Waals surface area contributed by atoms with Crippen molar-refractivity contribution in [2.75, 3.05) is 6.54 Å². The van der Waals surface area contributed by atoms with Gasteiger partial charge >= 0.3 is 0 Å². The highest BCUT2D eigenvalue weighted by molar-refractivity contribution is 6.28. The maximum atomic E-state index is 15.8. The minimum atomic E-state index is -0.944. The van der Waals surface area contributed by atoms with E-state index in [4.69, 9.17) is 16.3 Å². The molecule has 7 nitrogen and oxygen atoms in total. The fourth-order valence-corrected chi connectivity index (χ4v) is 4.43. The highest BCUT2D eigenvalue weighted by atomic mass is 35.5. The Morgan fingerprint density at radius 2 is 2.03 bits per heavy atom. The fraction of sp³-hybridized carbons (Fsp3) is 0.391. The Kier molecular flexibility index (Phi) is 6.26. The molecule has 0 radical (unpaired) electrons. The first-order valence-corrected chi connectivity index (χ1v) is 11.0. The molecule has 1 aliphatic carbocycles. The molecule has 0 aromatic carbocycles. The monoisotopic (exact) mass is 458 g/mol. The summed E-state index contributed by atoms with van der Waals surface area (Å²) >= 11 is 5.87. The van der Waals surface area contributed by atoms with Crippen LogP contribution < -0.4 is 10.1 Å². The lowest BCUT2D eigenvalue weighted by molar-refractivity contribution is -0.117.